The number of hydrogen-bond acceptors (Lipinski definition) is 1. The highest BCUT2D eigenvalue weighted by Crippen LogP contribution is 2.62. The molecule has 1 heteroatoms. The van der Waals surface area contributed by atoms with E-state index in [9.17, 15) is 0 Å². The Hall–Kier alpha value is -0.820. The van der Waals surface area contributed by atoms with Crippen LogP contribution in [0.15, 0.2) is 30.3 Å². The van der Waals surface area contributed by atoms with Gasteiger partial charge in [-0.1, -0.05) is 50.1 Å². The molecular weight excluding hydrogens is 218 g/mol. The summed E-state index contributed by atoms with van der Waals surface area (Å²) in [4.78, 5) is 0. The van der Waals surface area contributed by atoms with Crippen LogP contribution in [0.3, 0.4) is 0 Å². The number of hydrogen-bond donors (Lipinski definition) is 1. The Morgan fingerprint density at radius 2 is 1.72 bits per heavy atom. The SMILES string of the molecule is CCNCC1(c2ccccc2)CC2(CCCC2)C1. The maximum atomic E-state index is 3.60. The first-order valence-corrected chi connectivity index (χ1v) is 7.55. The van der Waals surface area contributed by atoms with Gasteiger partial charge in [0, 0.05) is 12.0 Å². The molecule has 0 atom stereocenters. The topological polar surface area (TPSA) is 12.0 Å². The monoisotopic (exact) mass is 243 g/mol. The van der Waals surface area contributed by atoms with E-state index >= 15 is 0 Å². The molecule has 1 nitrogen and oxygen atoms in total. The fourth-order valence-electron chi connectivity index (χ4n) is 4.45. The quantitative estimate of drug-likeness (QED) is 0.846. The second-order valence-electron chi connectivity index (χ2n) is 6.49. The molecule has 1 aromatic rings. The van der Waals surface area contributed by atoms with Crippen LogP contribution in [0.2, 0.25) is 0 Å². The van der Waals surface area contributed by atoms with Gasteiger partial charge in [-0.3, -0.25) is 0 Å². The maximum Gasteiger partial charge on any atom is 0.00883 e. The van der Waals surface area contributed by atoms with Gasteiger partial charge < -0.3 is 5.32 Å². The van der Waals surface area contributed by atoms with Gasteiger partial charge in [-0.25, -0.2) is 0 Å². The first-order chi connectivity index (χ1) is 8.79. The van der Waals surface area contributed by atoms with Crippen LogP contribution in [0.5, 0.6) is 0 Å². The Labute approximate surface area is 111 Å². The smallest absolute Gasteiger partial charge is 0.00883 e. The second kappa shape index (κ2) is 4.70. The molecule has 0 bridgehead atoms. The summed E-state index contributed by atoms with van der Waals surface area (Å²) in [5, 5.41) is 3.60. The Morgan fingerprint density at radius 3 is 2.33 bits per heavy atom. The number of likely N-dealkylation sites (N-methyl/N-ethyl adjacent to an activating group) is 1. The minimum absolute atomic E-state index is 0.432. The molecule has 0 radical (unpaired) electrons. The molecule has 1 N–H and O–H groups in total. The van der Waals surface area contributed by atoms with Crippen molar-refractivity contribution in [1.29, 1.82) is 0 Å². The molecule has 0 aliphatic heterocycles. The third kappa shape index (κ3) is 1.99. The molecule has 0 heterocycles. The van der Waals surface area contributed by atoms with Gasteiger partial charge in [-0.15, -0.1) is 0 Å². The summed E-state index contributed by atoms with van der Waals surface area (Å²) in [5.74, 6) is 0. The third-order valence-corrected chi connectivity index (χ3v) is 5.19. The van der Waals surface area contributed by atoms with Crippen LogP contribution in [0.1, 0.15) is 51.0 Å². The largest absolute Gasteiger partial charge is 0.316 e. The van der Waals surface area contributed by atoms with E-state index in [0.29, 0.717) is 10.8 Å². The van der Waals surface area contributed by atoms with Crippen LogP contribution in [-0.4, -0.2) is 13.1 Å². The predicted octanol–water partition coefficient (Wildman–Crippen LogP) is 3.89. The Morgan fingerprint density at radius 1 is 1.06 bits per heavy atom. The van der Waals surface area contributed by atoms with E-state index in [4.69, 9.17) is 0 Å². The lowest BCUT2D eigenvalue weighted by Gasteiger charge is -2.56. The van der Waals surface area contributed by atoms with E-state index in [1.165, 1.54) is 38.5 Å². The van der Waals surface area contributed by atoms with Crippen LogP contribution in [-0.2, 0) is 5.41 Å². The van der Waals surface area contributed by atoms with E-state index < -0.39 is 0 Å². The van der Waals surface area contributed by atoms with Gasteiger partial charge in [-0.2, -0.15) is 0 Å². The average Bonchev–Trinajstić information content (AvgIpc) is 2.85. The Bertz CT molecular complexity index is 381. The van der Waals surface area contributed by atoms with Gasteiger partial charge in [0.05, 0.1) is 0 Å². The van der Waals surface area contributed by atoms with Crippen molar-refractivity contribution in [1.82, 2.24) is 5.32 Å². The van der Waals surface area contributed by atoms with Crippen LogP contribution >= 0.6 is 0 Å². The molecule has 2 saturated carbocycles. The van der Waals surface area contributed by atoms with Crippen LogP contribution in [0.25, 0.3) is 0 Å². The van der Waals surface area contributed by atoms with Crippen molar-refractivity contribution in [3.05, 3.63) is 35.9 Å². The lowest BCUT2D eigenvalue weighted by Crippen LogP contribution is -2.53. The fraction of sp³-hybridized carbons (Fsp3) is 0.647. The van der Waals surface area contributed by atoms with Crippen molar-refractivity contribution in [2.24, 2.45) is 5.41 Å². The van der Waals surface area contributed by atoms with Crippen molar-refractivity contribution in [2.75, 3.05) is 13.1 Å². The van der Waals surface area contributed by atoms with Gasteiger partial charge in [0.1, 0.15) is 0 Å². The van der Waals surface area contributed by atoms with Crippen LogP contribution in [0, 0.1) is 5.41 Å². The van der Waals surface area contributed by atoms with Crippen LogP contribution in [0.4, 0.5) is 0 Å². The van der Waals surface area contributed by atoms with Crippen molar-refractivity contribution in [3.8, 4) is 0 Å². The van der Waals surface area contributed by atoms with Crippen molar-refractivity contribution >= 4 is 0 Å². The van der Waals surface area contributed by atoms with Gasteiger partial charge in [-0.05, 0) is 43.2 Å². The van der Waals surface area contributed by atoms with Crippen molar-refractivity contribution in [2.45, 2.75) is 50.9 Å². The molecule has 2 aliphatic carbocycles. The highest BCUT2D eigenvalue weighted by Gasteiger charge is 2.55. The van der Waals surface area contributed by atoms with E-state index in [-0.39, 0.29) is 0 Å². The fourth-order valence-corrected chi connectivity index (χ4v) is 4.45. The van der Waals surface area contributed by atoms with Gasteiger partial charge in [0.15, 0.2) is 0 Å². The molecule has 1 aromatic carbocycles. The Kier molecular flexibility index (Phi) is 3.19. The highest BCUT2D eigenvalue weighted by molar-refractivity contribution is 5.31. The molecule has 1 spiro atoms. The zero-order chi connectivity index (χ0) is 12.5. The normalized spacial score (nSPS) is 24.1. The van der Waals surface area contributed by atoms with Gasteiger partial charge in [0.2, 0.25) is 0 Å². The molecule has 2 fully saturated rings. The van der Waals surface area contributed by atoms with E-state index in [1.807, 2.05) is 0 Å². The predicted molar refractivity (Wildman–Crippen MR) is 76.8 cm³/mol. The first-order valence-electron chi connectivity index (χ1n) is 7.55. The van der Waals surface area contributed by atoms with E-state index in [2.05, 4.69) is 42.6 Å². The zero-order valence-electron chi connectivity index (χ0n) is 11.5. The summed E-state index contributed by atoms with van der Waals surface area (Å²) in [5.41, 5.74) is 2.70. The molecule has 3 rings (SSSR count). The summed E-state index contributed by atoms with van der Waals surface area (Å²) in [6.07, 6.45) is 8.72. The van der Waals surface area contributed by atoms with Gasteiger partial charge in [0.25, 0.3) is 0 Å². The summed E-state index contributed by atoms with van der Waals surface area (Å²) in [6, 6.07) is 11.2. The first kappa shape index (κ1) is 12.2. The van der Waals surface area contributed by atoms with Crippen molar-refractivity contribution < 1.29 is 0 Å². The molecule has 0 saturated heterocycles. The maximum absolute atomic E-state index is 3.60. The van der Waals surface area contributed by atoms with Crippen LogP contribution < -0.4 is 5.32 Å². The molecule has 0 amide bonds. The third-order valence-electron chi connectivity index (χ3n) is 5.19. The van der Waals surface area contributed by atoms with Crippen molar-refractivity contribution in [3.63, 3.8) is 0 Å². The Balaban J connectivity index is 1.79. The number of nitrogens with one attached hydrogen (secondary N) is 1. The minimum atomic E-state index is 0.432. The second-order valence-corrected chi connectivity index (χ2v) is 6.49. The average molecular weight is 243 g/mol. The van der Waals surface area contributed by atoms with E-state index in [0.717, 1.165) is 13.1 Å². The standard InChI is InChI=1S/C17H25N/c1-2-18-14-17(15-8-4-3-5-9-15)12-16(13-17)10-6-7-11-16/h3-5,8-9,18H,2,6-7,10-14H2,1H3. The minimum Gasteiger partial charge on any atom is -0.316 e. The number of rotatable bonds is 4. The molecule has 98 valence electrons. The molecule has 0 aromatic heterocycles. The lowest BCUT2D eigenvalue weighted by atomic mass is 9.49. The van der Waals surface area contributed by atoms with Gasteiger partial charge >= 0.3 is 0 Å². The zero-order valence-corrected chi connectivity index (χ0v) is 11.5. The molecule has 18 heavy (non-hydrogen) atoms. The summed E-state index contributed by atoms with van der Waals surface area (Å²) >= 11 is 0. The highest BCUT2D eigenvalue weighted by atomic mass is 14.9. The molecule has 2 aliphatic rings. The summed E-state index contributed by atoms with van der Waals surface area (Å²) in [6.45, 7) is 4.46. The summed E-state index contributed by atoms with van der Waals surface area (Å²) < 4.78 is 0. The molecule has 0 unspecified atom stereocenters. The lowest BCUT2D eigenvalue weighted by molar-refractivity contribution is 0.0273. The van der Waals surface area contributed by atoms with E-state index in [1.54, 1.807) is 5.56 Å². The number of benzene rings is 1. The molecular formula is C17H25N. The summed E-state index contributed by atoms with van der Waals surface area (Å²) in [7, 11) is 0.